The number of amides is 1. The van der Waals surface area contributed by atoms with Gasteiger partial charge in [0, 0.05) is 13.1 Å². The van der Waals surface area contributed by atoms with Crippen molar-refractivity contribution < 1.29 is 9.53 Å². The van der Waals surface area contributed by atoms with Gasteiger partial charge in [-0.25, -0.2) is 0 Å². The smallest absolute Gasteiger partial charge is 0.263 e. The average Bonchev–Trinajstić information content (AvgIpc) is 2.62. The molecule has 1 unspecified atom stereocenters. The minimum Gasteiger partial charge on any atom is -0.480 e. The molecule has 1 heterocycles. The Morgan fingerprint density at radius 3 is 2.62 bits per heavy atom. The van der Waals surface area contributed by atoms with Crippen LogP contribution >= 0.6 is 0 Å². The van der Waals surface area contributed by atoms with Gasteiger partial charge in [0.2, 0.25) is 0 Å². The summed E-state index contributed by atoms with van der Waals surface area (Å²) in [5.74, 6) is 0.903. The summed E-state index contributed by atoms with van der Waals surface area (Å²) in [6.45, 7) is 7.56. The molecule has 2 aromatic carbocycles. The third kappa shape index (κ3) is 3.30. The van der Waals surface area contributed by atoms with Gasteiger partial charge >= 0.3 is 0 Å². The van der Waals surface area contributed by atoms with Gasteiger partial charge < -0.3 is 9.64 Å². The van der Waals surface area contributed by atoms with Crippen LogP contribution in [0.25, 0.3) is 0 Å². The minimum atomic E-state index is -0.421. The van der Waals surface area contributed by atoms with E-state index >= 15 is 0 Å². The fourth-order valence-corrected chi connectivity index (χ4v) is 3.20. The van der Waals surface area contributed by atoms with E-state index in [-0.39, 0.29) is 5.91 Å². The van der Waals surface area contributed by atoms with E-state index in [0.717, 1.165) is 24.3 Å². The summed E-state index contributed by atoms with van der Waals surface area (Å²) >= 11 is 0. The van der Waals surface area contributed by atoms with Crippen LogP contribution in [-0.4, -0.2) is 23.5 Å². The second-order valence-corrected chi connectivity index (χ2v) is 6.49. The van der Waals surface area contributed by atoms with E-state index in [1.807, 2.05) is 36.9 Å². The first-order chi connectivity index (χ1) is 11.6. The van der Waals surface area contributed by atoms with Crippen LogP contribution in [0.1, 0.15) is 35.6 Å². The Bertz CT molecular complexity index is 738. The molecule has 3 nitrogen and oxygen atoms in total. The van der Waals surface area contributed by atoms with Crippen molar-refractivity contribution in [2.45, 2.75) is 46.3 Å². The van der Waals surface area contributed by atoms with E-state index in [2.05, 4.69) is 31.2 Å². The lowest BCUT2D eigenvalue weighted by Gasteiger charge is -2.32. The Hall–Kier alpha value is -2.29. The maximum absolute atomic E-state index is 12.9. The second kappa shape index (κ2) is 7.08. The fourth-order valence-electron chi connectivity index (χ4n) is 3.20. The van der Waals surface area contributed by atoms with E-state index in [9.17, 15) is 4.79 Å². The molecule has 1 aliphatic heterocycles. The van der Waals surface area contributed by atoms with E-state index in [1.54, 1.807) is 0 Å². The monoisotopic (exact) mass is 323 g/mol. The van der Waals surface area contributed by atoms with E-state index in [0.29, 0.717) is 13.0 Å². The molecule has 1 amide bonds. The lowest BCUT2D eigenvalue weighted by molar-refractivity contribution is -0.139. The van der Waals surface area contributed by atoms with Crippen LogP contribution in [-0.2, 0) is 17.8 Å². The predicted octanol–water partition coefficient (Wildman–Crippen LogP) is 4.05. The Kier molecular flexibility index (Phi) is 4.89. The zero-order valence-electron chi connectivity index (χ0n) is 14.7. The van der Waals surface area contributed by atoms with Crippen LogP contribution in [0.15, 0.2) is 42.5 Å². The molecule has 126 valence electrons. The van der Waals surface area contributed by atoms with Crippen molar-refractivity contribution in [1.29, 1.82) is 0 Å². The number of hydrogen-bond acceptors (Lipinski definition) is 2. The van der Waals surface area contributed by atoms with Crippen molar-refractivity contribution in [1.82, 2.24) is 4.90 Å². The Balaban J connectivity index is 1.74. The lowest BCUT2D eigenvalue weighted by atomic mass is 9.99. The highest BCUT2D eigenvalue weighted by Gasteiger charge is 2.27. The van der Waals surface area contributed by atoms with Crippen LogP contribution < -0.4 is 4.74 Å². The topological polar surface area (TPSA) is 29.5 Å². The van der Waals surface area contributed by atoms with E-state index in [1.165, 1.54) is 16.7 Å². The third-order valence-corrected chi connectivity index (χ3v) is 4.91. The number of aryl methyl sites for hydroxylation is 1. The SMILES string of the molecule is CCC(Oc1cccc(C)c1C)C(=O)N1CCc2ccccc2C1. The quantitative estimate of drug-likeness (QED) is 0.849. The van der Waals surface area contributed by atoms with Crippen LogP contribution in [0.2, 0.25) is 0 Å². The number of ether oxygens (including phenoxy) is 1. The molecule has 0 aromatic heterocycles. The molecular formula is C21H25NO2. The summed E-state index contributed by atoms with van der Waals surface area (Å²) in [4.78, 5) is 14.9. The molecule has 24 heavy (non-hydrogen) atoms. The predicted molar refractivity (Wildman–Crippen MR) is 96.2 cm³/mol. The number of rotatable bonds is 4. The maximum Gasteiger partial charge on any atom is 0.263 e. The van der Waals surface area contributed by atoms with E-state index < -0.39 is 6.10 Å². The summed E-state index contributed by atoms with van der Waals surface area (Å²) in [7, 11) is 0. The van der Waals surface area contributed by atoms with Gasteiger partial charge in [-0.2, -0.15) is 0 Å². The highest BCUT2D eigenvalue weighted by molar-refractivity contribution is 5.81. The number of benzene rings is 2. The van der Waals surface area contributed by atoms with Gasteiger partial charge in [-0.15, -0.1) is 0 Å². The number of carbonyl (C=O) groups excluding carboxylic acids is 1. The van der Waals surface area contributed by atoms with Gasteiger partial charge in [0.25, 0.3) is 5.91 Å². The van der Waals surface area contributed by atoms with E-state index in [4.69, 9.17) is 4.74 Å². The van der Waals surface area contributed by atoms with Gasteiger partial charge in [0.1, 0.15) is 5.75 Å². The normalized spacial score (nSPS) is 14.9. The number of nitrogens with zero attached hydrogens (tertiary/aromatic N) is 1. The number of fused-ring (bicyclic) bond motifs is 1. The summed E-state index contributed by atoms with van der Waals surface area (Å²) in [6.07, 6.45) is 1.17. The minimum absolute atomic E-state index is 0.0907. The fraction of sp³-hybridized carbons (Fsp3) is 0.381. The van der Waals surface area contributed by atoms with Crippen LogP contribution in [0.5, 0.6) is 5.75 Å². The number of hydrogen-bond donors (Lipinski definition) is 0. The van der Waals surface area contributed by atoms with Crippen molar-refractivity contribution in [3.05, 3.63) is 64.7 Å². The first-order valence-corrected chi connectivity index (χ1v) is 8.68. The molecule has 1 atom stereocenters. The van der Waals surface area contributed by atoms with Gasteiger partial charge in [-0.3, -0.25) is 4.79 Å². The summed E-state index contributed by atoms with van der Waals surface area (Å²) in [5, 5.41) is 0. The number of carbonyl (C=O) groups is 1. The molecule has 0 N–H and O–H groups in total. The van der Waals surface area contributed by atoms with Gasteiger partial charge in [-0.1, -0.05) is 43.3 Å². The molecule has 0 aliphatic carbocycles. The summed E-state index contributed by atoms with van der Waals surface area (Å²) in [6, 6.07) is 14.4. The van der Waals surface area contributed by atoms with Crippen LogP contribution in [0, 0.1) is 13.8 Å². The zero-order valence-corrected chi connectivity index (χ0v) is 14.7. The van der Waals surface area contributed by atoms with Gasteiger partial charge in [0.15, 0.2) is 6.10 Å². The molecule has 3 heteroatoms. The standard InChI is InChI=1S/C21H25NO2/c1-4-19(24-20-11-7-8-15(2)16(20)3)21(23)22-13-12-17-9-5-6-10-18(17)14-22/h5-11,19H,4,12-14H2,1-3H3. The van der Waals surface area contributed by atoms with Crippen LogP contribution in [0.3, 0.4) is 0 Å². The van der Waals surface area contributed by atoms with Crippen LogP contribution in [0.4, 0.5) is 0 Å². The highest BCUT2D eigenvalue weighted by atomic mass is 16.5. The van der Waals surface area contributed by atoms with Gasteiger partial charge in [-0.05, 0) is 55.0 Å². The molecule has 3 rings (SSSR count). The summed E-state index contributed by atoms with van der Waals surface area (Å²) < 4.78 is 6.09. The zero-order chi connectivity index (χ0) is 17.1. The summed E-state index contributed by atoms with van der Waals surface area (Å²) in [5.41, 5.74) is 4.89. The first-order valence-electron chi connectivity index (χ1n) is 8.68. The largest absolute Gasteiger partial charge is 0.480 e. The van der Waals surface area contributed by atoms with Crippen molar-refractivity contribution in [2.75, 3.05) is 6.54 Å². The molecule has 0 radical (unpaired) electrons. The molecule has 2 aromatic rings. The molecule has 0 saturated carbocycles. The molecule has 0 spiro atoms. The van der Waals surface area contributed by atoms with Crippen molar-refractivity contribution in [3.63, 3.8) is 0 Å². The average molecular weight is 323 g/mol. The first kappa shape index (κ1) is 16.6. The second-order valence-electron chi connectivity index (χ2n) is 6.49. The molecule has 0 fully saturated rings. The molecule has 0 bridgehead atoms. The van der Waals surface area contributed by atoms with Crippen molar-refractivity contribution >= 4 is 5.91 Å². The van der Waals surface area contributed by atoms with Gasteiger partial charge in [0.05, 0.1) is 0 Å². The molecule has 0 saturated heterocycles. The highest BCUT2D eigenvalue weighted by Crippen LogP contribution is 2.24. The Morgan fingerprint density at radius 2 is 1.88 bits per heavy atom. The molecule has 1 aliphatic rings. The van der Waals surface area contributed by atoms with Crippen molar-refractivity contribution in [3.8, 4) is 5.75 Å². The maximum atomic E-state index is 12.9. The molecular weight excluding hydrogens is 298 g/mol. The van der Waals surface area contributed by atoms with Crippen molar-refractivity contribution in [2.24, 2.45) is 0 Å². The third-order valence-electron chi connectivity index (χ3n) is 4.91. The lowest BCUT2D eigenvalue weighted by Crippen LogP contribution is -2.44. The Morgan fingerprint density at radius 1 is 1.12 bits per heavy atom. The Labute approximate surface area is 144 Å².